The number of hydrogen-bond acceptors (Lipinski definition) is 4. The Morgan fingerprint density at radius 2 is 1.76 bits per heavy atom. The molecule has 0 atom stereocenters. The van der Waals surface area contributed by atoms with Gasteiger partial charge in [-0.25, -0.2) is 9.78 Å². The van der Waals surface area contributed by atoms with E-state index in [1.54, 1.807) is 6.07 Å². The molecule has 0 fully saturated rings. The lowest BCUT2D eigenvalue weighted by Gasteiger charge is -2.09. The fourth-order valence-electron chi connectivity index (χ4n) is 3.28. The van der Waals surface area contributed by atoms with Gasteiger partial charge in [-0.1, -0.05) is 48.6 Å². The lowest BCUT2D eigenvalue weighted by molar-refractivity contribution is 0.0597. The van der Waals surface area contributed by atoms with Crippen LogP contribution in [0.4, 0.5) is 0 Å². The van der Waals surface area contributed by atoms with Crippen molar-refractivity contribution in [3.63, 3.8) is 0 Å². The van der Waals surface area contributed by atoms with E-state index in [4.69, 9.17) is 9.47 Å². The molecular weight excluding hydrogens is 364 g/mol. The van der Waals surface area contributed by atoms with Gasteiger partial charge in [0.25, 0.3) is 0 Å². The van der Waals surface area contributed by atoms with Gasteiger partial charge >= 0.3 is 5.97 Å². The second-order valence-corrected chi connectivity index (χ2v) is 6.45. The highest BCUT2D eigenvalue weighted by Crippen LogP contribution is 2.25. The van der Waals surface area contributed by atoms with E-state index in [0.717, 1.165) is 27.8 Å². The molecule has 4 rings (SSSR count). The Bertz CT molecular complexity index is 1210. The largest absolute Gasteiger partial charge is 0.496 e. The molecule has 0 saturated carbocycles. The van der Waals surface area contributed by atoms with Gasteiger partial charge in [0.2, 0.25) is 0 Å². The molecule has 0 bridgehead atoms. The van der Waals surface area contributed by atoms with Crippen LogP contribution < -0.4 is 4.74 Å². The van der Waals surface area contributed by atoms with Gasteiger partial charge in [-0.2, -0.15) is 0 Å². The zero-order valence-corrected chi connectivity index (χ0v) is 16.2. The van der Waals surface area contributed by atoms with Crippen LogP contribution in [0.1, 0.15) is 21.5 Å². The molecule has 5 nitrogen and oxygen atoms in total. The minimum absolute atomic E-state index is 0.400. The molecule has 0 aliphatic rings. The van der Waals surface area contributed by atoms with Crippen molar-refractivity contribution in [1.82, 2.24) is 9.55 Å². The second kappa shape index (κ2) is 8.02. The number of fused-ring (bicyclic) bond motifs is 1. The SMILES string of the molecule is COC(=O)c1ccc(/C=C/c2ccccc2-n2cnc3ccccc32)cc1OC. The molecule has 0 unspecified atom stereocenters. The van der Waals surface area contributed by atoms with Crippen LogP contribution >= 0.6 is 0 Å². The fourth-order valence-corrected chi connectivity index (χ4v) is 3.28. The minimum Gasteiger partial charge on any atom is -0.496 e. The van der Waals surface area contributed by atoms with Gasteiger partial charge in [0.05, 0.1) is 30.9 Å². The molecule has 0 amide bonds. The number of benzene rings is 3. The highest BCUT2D eigenvalue weighted by atomic mass is 16.5. The summed E-state index contributed by atoms with van der Waals surface area (Å²) in [4.78, 5) is 16.3. The van der Waals surface area contributed by atoms with Crippen LogP contribution in [0.15, 0.2) is 73.1 Å². The third-order valence-electron chi connectivity index (χ3n) is 4.74. The number of imidazole rings is 1. The van der Waals surface area contributed by atoms with Crippen molar-refractivity contribution in [1.29, 1.82) is 0 Å². The van der Waals surface area contributed by atoms with Crippen LogP contribution in [0.25, 0.3) is 28.9 Å². The van der Waals surface area contributed by atoms with Crippen molar-refractivity contribution >= 4 is 29.2 Å². The first-order chi connectivity index (χ1) is 14.2. The third kappa shape index (κ3) is 3.62. The highest BCUT2D eigenvalue weighted by molar-refractivity contribution is 5.93. The van der Waals surface area contributed by atoms with Crippen LogP contribution in [0.5, 0.6) is 5.75 Å². The van der Waals surface area contributed by atoms with Gasteiger partial charge in [-0.15, -0.1) is 0 Å². The first-order valence-corrected chi connectivity index (χ1v) is 9.17. The number of nitrogens with zero attached hydrogens (tertiary/aromatic N) is 2. The Hall–Kier alpha value is -3.86. The van der Waals surface area contributed by atoms with E-state index in [2.05, 4.69) is 27.8 Å². The molecule has 0 saturated heterocycles. The van der Waals surface area contributed by atoms with Crippen molar-refractivity contribution < 1.29 is 14.3 Å². The number of ether oxygens (including phenoxy) is 2. The van der Waals surface area contributed by atoms with Gasteiger partial charge < -0.3 is 9.47 Å². The summed E-state index contributed by atoms with van der Waals surface area (Å²) in [7, 11) is 2.89. The van der Waals surface area contributed by atoms with E-state index in [1.807, 2.05) is 60.9 Å². The zero-order valence-electron chi connectivity index (χ0n) is 16.2. The minimum atomic E-state index is -0.422. The van der Waals surface area contributed by atoms with E-state index in [1.165, 1.54) is 14.2 Å². The number of para-hydroxylation sites is 3. The summed E-state index contributed by atoms with van der Waals surface area (Å²) in [6.45, 7) is 0. The Balaban J connectivity index is 1.71. The average molecular weight is 384 g/mol. The highest BCUT2D eigenvalue weighted by Gasteiger charge is 2.12. The van der Waals surface area contributed by atoms with Crippen LogP contribution in [0, 0.1) is 0 Å². The number of esters is 1. The van der Waals surface area contributed by atoms with Gasteiger partial charge in [0, 0.05) is 0 Å². The van der Waals surface area contributed by atoms with Crippen molar-refractivity contribution in [2.24, 2.45) is 0 Å². The number of aromatic nitrogens is 2. The predicted octanol–water partition coefficient (Wildman–Crippen LogP) is 4.99. The standard InChI is InChI=1S/C24H20N2O3/c1-28-23-15-17(12-14-19(23)24(27)29-2)11-13-18-7-3-5-9-21(18)26-16-25-20-8-4-6-10-22(20)26/h3-16H,1-2H3/b13-11+. The molecule has 0 radical (unpaired) electrons. The lowest BCUT2D eigenvalue weighted by Crippen LogP contribution is -2.04. The number of carbonyl (C=O) groups is 1. The van der Waals surface area contributed by atoms with Crippen molar-refractivity contribution in [2.45, 2.75) is 0 Å². The number of rotatable bonds is 5. The van der Waals surface area contributed by atoms with Gasteiger partial charge in [0.1, 0.15) is 17.6 Å². The number of carbonyl (C=O) groups excluding carboxylic acids is 1. The van der Waals surface area contributed by atoms with Gasteiger partial charge in [-0.3, -0.25) is 4.57 Å². The van der Waals surface area contributed by atoms with Crippen molar-refractivity contribution in [3.05, 3.63) is 89.7 Å². The molecule has 144 valence electrons. The number of hydrogen-bond donors (Lipinski definition) is 0. The first-order valence-electron chi connectivity index (χ1n) is 9.17. The molecule has 0 N–H and O–H groups in total. The van der Waals surface area contributed by atoms with E-state index in [0.29, 0.717) is 11.3 Å². The summed E-state index contributed by atoms with van der Waals surface area (Å²) in [6, 6.07) is 21.6. The monoisotopic (exact) mass is 384 g/mol. The van der Waals surface area contributed by atoms with Crippen LogP contribution in [0.2, 0.25) is 0 Å². The molecule has 5 heteroatoms. The summed E-state index contributed by atoms with van der Waals surface area (Å²) in [6.07, 6.45) is 5.86. The topological polar surface area (TPSA) is 53.4 Å². The molecule has 29 heavy (non-hydrogen) atoms. The van der Waals surface area contributed by atoms with Crippen LogP contribution in [-0.2, 0) is 4.74 Å². The molecule has 0 aliphatic heterocycles. The molecular formula is C24H20N2O3. The normalized spacial score (nSPS) is 11.1. The molecule has 0 aliphatic carbocycles. The lowest BCUT2D eigenvalue weighted by atomic mass is 10.1. The summed E-state index contributed by atoms with van der Waals surface area (Å²) < 4.78 is 12.2. The Morgan fingerprint density at radius 3 is 2.59 bits per heavy atom. The predicted molar refractivity (Wildman–Crippen MR) is 114 cm³/mol. The maximum absolute atomic E-state index is 11.8. The van der Waals surface area contributed by atoms with Crippen LogP contribution in [-0.4, -0.2) is 29.7 Å². The average Bonchev–Trinajstić information content (AvgIpc) is 3.21. The summed E-state index contributed by atoms with van der Waals surface area (Å²) in [5.74, 6) is 0.0580. The maximum atomic E-state index is 11.8. The molecule has 0 spiro atoms. The summed E-state index contributed by atoms with van der Waals surface area (Å²) >= 11 is 0. The van der Waals surface area contributed by atoms with Gasteiger partial charge in [-0.05, 0) is 41.5 Å². The molecule has 1 heterocycles. The fraction of sp³-hybridized carbons (Fsp3) is 0.0833. The first kappa shape index (κ1) is 18.5. The second-order valence-electron chi connectivity index (χ2n) is 6.45. The van der Waals surface area contributed by atoms with E-state index in [-0.39, 0.29) is 0 Å². The zero-order chi connectivity index (χ0) is 20.2. The van der Waals surface area contributed by atoms with Crippen molar-refractivity contribution in [2.75, 3.05) is 14.2 Å². The summed E-state index contributed by atoms with van der Waals surface area (Å²) in [5.41, 5.74) is 5.41. The van der Waals surface area contributed by atoms with Crippen molar-refractivity contribution in [3.8, 4) is 11.4 Å². The molecule has 1 aromatic heterocycles. The third-order valence-corrected chi connectivity index (χ3v) is 4.74. The Morgan fingerprint density at radius 1 is 0.966 bits per heavy atom. The molecule has 4 aromatic rings. The quantitative estimate of drug-likeness (QED) is 0.359. The van der Waals surface area contributed by atoms with E-state index >= 15 is 0 Å². The molecule has 3 aromatic carbocycles. The van der Waals surface area contributed by atoms with E-state index in [9.17, 15) is 4.79 Å². The van der Waals surface area contributed by atoms with E-state index < -0.39 is 5.97 Å². The maximum Gasteiger partial charge on any atom is 0.341 e. The Kier molecular flexibility index (Phi) is 5.12. The Labute approximate surface area is 168 Å². The summed E-state index contributed by atoms with van der Waals surface area (Å²) in [5, 5.41) is 0. The van der Waals surface area contributed by atoms with Crippen LogP contribution in [0.3, 0.4) is 0 Å². The van der Waals surface area contributed by atoms with Gasteiger partial charge in [0.15, 0.2) is 0 Å². The smallest absolute Gasteiger partial charge is 0.341 e. The number of methoxy groups -OCH3 is 2.